The van der Waals surface area contributed by atoms with E-state index in [1.54, 1.807) is 12.1 Å². The van der Waals surface area contributed by atoms with Gasteiger partial charge in [-0.05, 0) is 55.2 Å². The monoisotopic (exact) mass is 298 g/mol. The number of aryl methyl sites for hydroxylation is 2. The summed E-state index contributed by atoms with van der Waals surface area (Å²) in [5, 5.41) is 14.0. The zero-order valence-corrected chi connectivity index (χ0v) is 13.5. The molecule has 0 saturated heterocycles. The third-order valence-corrected chi connectivity index (χ3v) is 3.35. The SMILES string of the molecule is Cc1ccc(NC(=O)c2ccc(NCC(C)C)nn2)cc1C. The standard InChI is InChI=1S/C17H22N4O/c1-11(2)10-18-16-8-7-15(20-21-16)17(22)19-14-6-5-12(3)13(4)9-14/h5-9,11H,10H2,1-4H3,(H,18,21)(H,19,22). The molecule has 0 radical (unpaired) electrons. The van der Waals surface area contributed by atoms with Gasteiger partial charge in [0.05, 0.1) is 0 Å². The van der Waals surface area contributed by atoms with E-state index < -0.39 is 0 Å². The van der Waals surface area contributed by atoms with Crippen molar-refractivity contribution in [1.29, 1.82) is 0 Å². The van der Waals surface area contributed by atoms with Crippen LogP contribution in [0, 0.1) is 19.8 Å². The van der Waals surface area contributed by atoms with Crippen LogP contribution in [-0.2, 0) is 0 Å². The molecule has 0 aliphatic carbocycles. The van der Waals surface area contributed by atoms with Gasteiger partial charge in [-0.15, -0.1) is 10.2 Å². The first kappa shape index (κ1) is 15.9. The van der Waals surface area contributed by atoms with E-state index in [2.05, 4.69) is 34.7 Å². The summed E-state index contributed by atoms with van der Waals surface area (Å²) in [4.78, 5) is 12.2. The number of carbonyl (C=O) groups is 1. The van der Waals surface area contributed by atoms with Gasteiger partial charge in [-0.1, -0.05) is 19.9 Å². The minimum atomic E-state index is -0.258. The molecule has 2 aromatic rings. The number of anilines is 2. The molecule has 0 aliphatic rings. The van der Waals surface area contributed by atoms with E-state index in [-0.39, 0.29) is 5.91 Å². The molecular weight excluding hydrogens is 276 g/mol. The largest absolute Gasteiger partial charge is 0.368 e. The Kier molecular flexibility index (Phi) is 5.09. The Morgan fingerprint density at radius 3 is 2.45 bits per heavy atom. The lowest BCUT2D eigenvalue weighted by molar-refractivity contribution is 0.102. The Hall–Kier alpha value is -2.43. The van der Waals surface area contributed by atoms with Gasteiger partial charge < -0.3 is 10.6 Å². The molecule has 2 N–H and O–H groups in total. The van der Waals surface area contributed by atoms with Gasteiger partial charge >= 0.3 is 0 Å². The summed E-state index contributed by atoms with van der Waals surface area (Å²) in [5.74, 6) is 0.942. The second-order valence-electron chi connectivity index (χ2n) is 5.83. The first-order valence-corrected chi connectivity index (χ1v) is 7.42. The summed E-state index contributed by atoms with van der Waals surface area (Å²) < 4.78 is 0. The van der Waals surface area contributed by atoms with Gasteiger partial charge in [-0.25, -0.2) is 0 Å². The fraction of sp³-hybridized carbons (Fsp3) is 0.353. The smallest absolute Gasteiger partial charge is 0.276 e. The summed E-state index contributed by atoms with van der Waals surface area (Å²) in [5.41, 5.74) is 3.39. The van der Waals surface area contributed by atoms with Gasteiger partial charge in [0.25, 0.3) is 5.91 Å². The second kappa shape index (κ2) is 7.02. The highest BCUT2D eigenvalue weighted by Crippen LogP contribution is 2.15. The van der Waals surface area contributed by atoms with Gasteiger partial charge in [0.15, 0.2) is 5.69 Å². The molecule has 2 rings (SSSR count). The average Bonchev–Trinajstić information content (AvgIpc) is 2.49. The quantitative estimate of drug-likeness (QED) is 0.887. The summed E-state index contributed by atoms with van der Waals surface area (Å²) in [7, 11) is 0. The van der Waals surface area contributed by atoms with Crippen molar-refractivity contribution in [2.45, 2.75) is 27.7 Å². The number of nitrogens with one attached hydrogen (secondary N) is 2. The van der Waals surface area contributed by atoms with Crippen LogP contribution in [0.1, 0.15) is 35.5 Å². The van der Waals surface area contributed by atoms with Crippen molar-refractivity contribution in [2.24, 2.45) is 5.92 Å². The fourth-order valence-corrected chi connectivity index (χ4v) is 1.87. The molecule has 116 valence electrons. The number of hydrogen-bond donors (Lipinski definition) is 2. The summed E-state index contributed by atoms with van der Waals surface area (Å²) >= 11 is 0. The van der Waals surface area contributed by atoms with Crippen LogP contribution in [0.15, 0.2) is 30.3 Å². The van der Waals surface area contributed by atoms with Crippen LogP contribution in [0.4, 0.5) is 11.5 Å². The van der Waals surface area contributed by atoms with Crippen LogP contribution in [0.3, 0.4) is 0 Å². The number of aromatic nitrogens is 2. The molecule has 1 heterocycles. The number of benzene rings is 1. The van der Waals surface area contributed by atoms with Crippen LogP contribution in [0.25, 0.3) is 0 Å². The van der Waals surface area contributed by atoms with E-state index in [1.165, 1.54) is 5.56 Å². The number of amides is 1. The molecular formula is C17H22N4O. The molecule has 5 nitrogen and oxygen atoms in total. The van der Waals surface area contributed by atoms with E-state index in [9.17, 15) is 4.79 Å². The van der Waals surface area contributed by atoms with Crippen LogP contribution < -0.4 is 10.6 Å². The Morgan fingerprint density at radius 1 is 1.09 bits per heavy atom. The fourth-order valence-electron chi connectivity index (χ4n) is 1.87. The van der Waals surface area contributed by atoms with E-state index in [0.29, 0.717) is 17.4 Å². The molecule has 0 spiro atoms. The highest BCUT2D eigenvalue weighted by atomic mass is 16.1. The Morgan fingerprint density at radius 2 is 1.86 bits per heavy atom. The van der Waals surface area contributed by atoms with Crippen LogP contribution in [-0.4, -0.2) is 22.6 Å². The highest BCUT2D eigenvalue weighted by Gasteiger charge is 2.09. The first-order chi connectivity index (χ1) is 10.5. The number of hydrogen-bond acceptors (Lipinski definition) is 4. The second-order valence-corrected chi connectivity index (χ2v) is 5.83. The maximum atomic E-state index is 12.2. The van der Waals surface area contributed by atoms with Crippen molar-refractivity contribution in [1.82, 2.24) is 10.2 Å². The van der Waals surface area contributed by atoms with E-state index in [0.717, 1.165) is 17.8 Å². The van der Waals surface area contributed by atoms with Crippen molar-refractivity contribution >= 4 is 17.4 Å². The molecule has 0 saturated carbocycles. The molecule has 0 aliphatic heterocycles. The van der Waals surface area contributed by atoms with Crippen LogP contribution in [0.5, 0.6) is 0 Å². The molecule has 0 fully saturated rings. The van der Waals surface area contributed by atoms with Gasteiger partial charge in [0.2, 0.25) is 0 Å². The lowest BCUT2D eigenvalue weighted by atomic mass is 10.1. The minimum Gasteiger partial charge on any atom is -0.368 e. The lowest BCUT2D eigenvalue weighted by Gasteiger charge is -2.09. The van der Waals surface area contributed by atoms with Crippen LogP contribution >= 0.6 is 0 Å². The first-order valence-electron chi connectivity index (χ1n) is 7.42. The molecule has 0 unspecified atom stereocenters. The Balaban J connectivity index is 2.01. The van der Waals surface area contributed by atoms with Crippen molar-refractivity contribution < 1.29 is 4.79 Å². The van der Waals surface area contributed by atoms with Crippen LogP contribution in [0.2, 0.25) is 0 Å². The molecule has 22 heavy (non-hydrogen) atoms. The number of nitrogens with zero attached hydrogens (tertiary/aromatic N) is 2. The molecule has 0 atom stereocenters. The number of rotatable bonds is 5. The van der Waals surface area contributed by atoms with Gasteiger partial charge in [-0.2, -0.15) is 0 Å². The van der Waals surface area contributed by atoms with Crippen molar-refractivity contribution in [3.63, 3.8) is 0 Å². The molecule has 5 heteroatoms. The third kappa shape index (κ3) is 4.28. The van der Waals surface area contributed by atoms with Gasteiger partial charge in [0.1, 0.15) is 5.82 Å². The minimum absolute atomic E-state index is 0.258. The average molecular weight is 298 g/mol. The number of carbonyl (C=O) groups excluding carboxylic acids is 1. The molecule has 1 aromatic heterocycles. The summed E-state index contributed by atoms with van der Waals surface area (Å²) in [6.07, 6.45) is 0. The predicted octanol–water partition coefficient (Wildman–Crippen LogP) is 3.41. The topological polar surface area (TPSA) is 66.9 Å². The van der Waals surface area contributed by atoms with E-state index in [4.69, 9.17) is 0 Å². The van der Waals surface area contributed by atoms with Crippen molar-refractivity contribution in [3.05, 3.63) is 47.2 Å². The summed E-state index contributed by atoms with van der Waals surface area (Å²) in [6.45, 7) is 9.11. The Bertz CT molecular complexity index is 650. The zero-order valence-electron chi connectivity index (χ0n) is 13.5. The predicted molar refractivity (Wildman–Crippen MR) is 89.2 cm³/mol. The highest BCUT2D eigenvalue weighted by molar-refractivity contribution is 6.02. The molecule has 1 amide bonds. The van der Waals surface area contributed by atoms with E-state index >= 15 is 0 Å². The van der Waals surface area contributed by atoms with Gasteiger partial charge in [0, 0.05) is 12.2 Å². The van der Waals surface area contributed by atoms with Gasteiger partial charge in [-0.3, -0.25) is 4.79 Å². The summed E-state index contributed by atoms with van der Waals surface area (Å²) in [6, 6.07) is 9.25. The Labute approximate surface area is 131 Å². The van der Waals surface area contributed by atoms with E-state index in [1.807, 2.05) is 32.0 Å². The van der Waals surface area contributed by atoms with Crippen molar-refractivity contribution in [2.75, 3.05) is 17.2 Å². The maximum Gasteiger partial charge on any atom is 0.276 e. The maximum absolute atomic E-state index is 12.2. The molecule has 0 bridgehead atoms. The third-order valence-electron chi connectivity index (χ3n) is 3.35. The normalized spacial score (nSPS) is 10.6. The van der Waals surface area contributed by atoms with Crippen molar-refractivity contribution in [3.8, 4) is 0 Å². The zero-order chi connectivity index (χ0) is 16.1. The molecule has 1 aromatic carbocycles. The lowest BCUT2D eigenvalue weighted by Crippen LogP contribution is -2.15.